The van der Waals surface area contributed by atoms with E-state index in [1.807, 2.05) is 0 Å². The average Bonchev–Trinajstić information content (AvgIpc) is 2.25. The summed E-state index contributed by atoms with van der Waals surface area (Å²) in [5, 5.41) is 0. The molecule has 15 heavy (non-hydrogen) atoms. The Labute approximate surface area is 87.6 Å². The number of nitrogens with two attached hydrogens (primary N) is 1. The fourth-order valence-electron chi connectivity index (χ4n) is 1.43. The second-order valence-electron chi connectivity index (χ2n) is 3.43. The number of anilines is 1. The Hall–Kier alpha value is -1.90. The summed E-state index contributed by atoms with van der Waals surface area (Å²) in [6.07, 6.45) is 3.27. The molecule has 0 aliphatic rings. The molecule has 0 aliphatic carbocycles. The van der Waals surface area contributed by atoms with Gasteiger partial charge in [0.1, 0.15) is 5.82 Å². The maximum absolute atomic E-state index is 13.6. The highest BCUT2D eigenvalue weighted by atomic mass is 19.1. The molecule has 0 aliphatic heterocycles. The monoisotopic (exact) mass is 202 g/mol. The summed E-state index contributed by atoms with van der Waals surface area (Å²) in [4.78, 5) is 3.95. The normalized spacial score (nSPS) is 10.3. The number of halogens is 1. The number of aromatic nitrogens is 1. The molecule has 0 saturated carbocycles. The van der Waals surface area contributed by atoms with Crippen LogP contribution in [0.3, 0.4) is 0 Å². The van der Waals surface area contributed by atoms with Crippen molar-refractivity contribution in [2.45, 2.75) is 6.92 Å². The summed E-state index contributed by atoms with van der Waals surface area (Å²) >= 11 is 0. The maximum Gasteiger partial charge on any atom is 0.131 e. The number of aryl methyl sites for hydroxylation is 1. The zero-order chi connectivity index (χ0) is 10.8. The number of rotatable bonds is 1. The zero-order valence-corrected chi connectivity index (χ0v) is 8.37. The van der Waals surface area contributed by atoms with Crippen molar-refractivity contribution in [1.29, 1.82) is 0 Å². The summed E-state index contributed by atoms with van der Waals surface area (Å²) in [5.74, 6) is -0.269. The first-order chi connectivity index (χ1) is 7.18. The minimum atomic E-state index is -0.269. The Morgan fingerprint density at radius 2 is 2.13 bits per heavy atom. The first-order valence-electron chi connectivity index (χ1n) is 4.64. The molecular weight excluding hydrogens is 191 g/mol. The molecule has 2 nitrogen and oxygen atoms in total. The second kappa shape index (κ2) is 3.69. The smallest absolute Gasteiger partial charge is 0.131 e. The zero-order valence-electron chi connectivity index (χ0n) is 8.37. The lowest BCUT2D eigenvalue weighted by Gasteiger charge is -2.06. The highest BCUT2D eigenvalue weighted by Gasteiger charge is 2.07. The molecule has 0 unspecified atom stereocenters. The SMILES string of the molecule is Cc1cc(F)c(-c2cccnc2)cc1N. The Kier molecular flexibility index (Phi) is 2.37. The van der Waals surface area contributed by atoms with E-state index in [2.05, 4.69) is 4.98 Å². The van der Waals surface area contributed by atoms with Crippen LogP contribution in [0.2, 0.25) is 0 Å². The van der Waals surface area contributed by atoms with Crippen LogP contribution in [-0.4, -0.2) is 4.98 Å². The molecule has 0 radical (unpaired) electrons. The van der Waals surface area contributed by atoms with Crippen molar-refractivity contribution in [1.82, 2.24) is 4.98 Å². The summed E-state index contributed by atoms with van der Waals surface area (Å²) < 4.78 is 13.6. The summed E-state index contributed by atoms with van der Waals surface area (Å²) in [5.41, 5.74) is 8.31. The lowest BCUT2D eigenvalue weighted by Crippen LogP contribution is -1.93. The van der Waals surface area contributed by atoms with Gasteiger partial charge in [0.25, 0.3) is 0 Å². The third-order valence-electron chi connectivity index (χ3n) is 2.33. The molecule has 0 saturated heterocycles. The lowest BCUT2D eigenvalue weighted by atomic mass is 10.0. The quantitative estimate of drug-likeness (QED) is 0.722. The van der Waals surface area contributed by atoms with Gasteiger partial charge in [-0.1, -0.05) is 6.07 Å². The maximum atomic E-state index is 13.6. The summed E-state index contributed by atoms with van der Waals surface area (Å²) in [6.45, 7) is 1.78. The number of nitrogens with zero attached hydrogens (tertiary/aromatic N) is 1. The van der Waals surface area contributed by atoms with E-state index in [4.69, 9.17) is 5.73 Å². The molecule has 3 heteroatoms. The van der Waals surface area contributed by atoms with Gasteiger partial charge in [0.15, 0.2) is 0 Å². The predicted octanol–water partition coefficient (Wildman–Crippen LogP) is 2.78. The number of hydrogen-bond donors (Lipinski definition) is 1. The fraction of sp³-hybridized carbons (Fsp3) is 0.0833. The molecule has 0 fully saturated rings. The van der Waals surface area contributed by atoms with Gasteiger partial charge < -0.3 is 5.73 Å². The van der Waals surface area contributed by atoms with Crippen LogP contribution >= 0.6 is 0 Å². The Morgan fingerprint density at radius 1 is 1.33 bits per heavy atom. The topological polar surface area (TPSA) is 38.9 Å². The van der Waals surface area contributed by atoms with Gasteiger partial charge in [0.2, 0.25) is 0 Å². The molecule has 0 atom stereocenters. The van der Waals surface area contributed by atoms with Crippen molar-refractivity contribution in [3.63, 3.8) is 0 Å². The predicted molar refractivity (Wildman–Crippen MR) is 58.8 cm³/mol. The van der Waals surface area contributed by atoms with Crippen LogP contribution in [0.1, 0.15) is 5.56 Å². The van der Waals surface area contributed by atoms with E-state index in [0.717, 1.165) is 11.1 Å². The molecule has 0 amide bonds. The van der Waals surface area contributed by atoms with Crippen LogP contribution in [0.5, 0.6) is 0 Å². The third-order valence-corrected chi connectivity index (χ3v) is 2.33. The van der Waals surface area contributed by atoms with Crippen LogP contribution in [0, 0.1) is 12.7 Å². The van der Waals surface area contributed by atoms with Gasteiger partial charge in [-0.3, -0.25) is 4.98 Å². The number of nitrogen functional groups attached to an aromatic ring is 1. The van der Waals surface area contributed by atoms with E-state index in [9.17, 15) is 4.39 Å². The van der Waals surface area contributed by atoms with Crippen LogP contribution in [0.15, 0.2) is 36.7 Å². The second-order valence-corrected chi connectivity index (χ2v) is 3.43. The van der Waals surface area contributed by atoms with E-state index in [-0.39, 0.29) is 5.82 Å². The van der Waals surface area contributed by atoms with Gasteiger partial charge in [-0.05, 0) is 30.7 Å². The summed E-state index contributed by atoms with van der Waals surface area (Å²) in [6, 6.07) is 6.66. The van der Waals surface area contributed by atoms with Gasteiger partial charge in [0.05, 0.1) is 0 Å². The standard InChI is InChI=1S/C12H11FN2/c1-8-5-11(13)10(6-12(8)14)9-3-2-4-15-7-9/h2-7H,14H2,1H3. The van der Waals surface area contributed by atoms with Crippen molar-refractivity contribution >= 4 is 5.69 Å². The molecule has 1 heterocycles. The van der Waals surface area contributed by atoms with E-state index < -0.39 is 0 Å². The van der Waals surface area contributed by atoms with Crippen molar-refractivity contribution < 1.29 is 4.39 Å². The van der Waals surface area contributed by atoms with Crippen LogP contribution in [0.25, 0.3) is 11.1 Å². The first kappa shape index (κ1) is 9.65. The molecule has 1 aromatic heterocycles. The van der Waals surface area contributed by atoms with Crippen molar-refractivity contribution in [2.24, 2.45) is 0 Å². The van der Waals surface area contributed by atoms with E-state index in [0.29, 0.717) is 11.3 Å². The third kappa shape index (κ3) is 1.81. The Bertz CT molecular complexity index is 480. The Morgan fingerprint density at radius 3 is 2.80 bits per heavy atom. The first-order valence-corrected chi connectivity index (χ1v) is 4.64. The molecule has 76 valence electrons. The molecule has 2 rings (SSSR count). The van der Waals surface area contributed by atoms with Crippen molar-refractivity contribution in [2.75, 3.05) is 5.73 Å². The highest BCUT2D eigenvalue weighted by Crippen LogP contribution is 2.26. The average molecular weight is 202 g/mol. The van der Waals surface area contributed by atoms with Gasteiger partial charge >= 0.3 is 0 Å². The van der Waals surface area contributed by atoms with E-state index in [1.54, 1.807) is 37.5 Å². The lowest BCUT2D eigenvalue weighted by molar-refractivity contribution is 0.630. The number of pyridine rings is 1. The molecule has 0 bridgehead atoms. The molecular formula is C12H11FN2. The molecule has 0 spiro atoms. The number of hydrogen-bond acceptors (Lipinski definition) is 2. The van der Waals surface area contributed by atoms with Gasteiger partial charge in [-0.2, -0.15) is 0 Å². The van der Waals surface area contributed by atoms with Gasteiger partial charge in [-0.25, -0.2) is 4.39 Å². The Balaban J connectivity index is 2.59. The van der Waals surface area contributed by atoms with Crippen molar-refractivity contribution in [3.05, 3.63) is 48.0 Å². The fourth-order valence-corrected chi connectivity index (χ4v) is 1.43. The van der Waals surface area contributed by atoms with E-state index in [1.165, 1.54) is 6.07 Å². The minimum Gasteiger partial charge on any atom is -0.398 e. The van der Waals surface area contributed by atoms with Crippen molar-refractivity contribution in [3.8, 4) is 11.1 Å². The molecule has 2 aromatic rings. The van der Waals surface area contributed by atoms with Crippen LogP contribution in [-0.2, 0) is 0 Å². The summed E-state index contributed by atoms with van der Waals surface area (Å²) in [7, 11) is 0. The molecule has 1 aromatic carbocycles. The van der Waals surface area contributed by atoms with Crippen LogP contribution in [0.4, 0.5) is 10.1 Å². The van der Waals surface area contributed by atoms with E-state index >= 15 is 0 Å². The largest absolute Gasteiger partial charge is 0.398 e. The highest BCUT2D eigenvalue weighted by molar-refractivity contribution is 5.68. The van der Waals surface area contributed by atoms with Gasteiger partial charge in [-0.15, -0.1) is 0 Å². The minimum absolute atomic E-state index is 0.269. The van der Waals surface area contributed by atoms with Crippen LogP contribution < -0.4 is 5.73 Å². The van der Waals surface area contributed by atoms with Gasteiger partial charge in [0, 0.05) is 29.2 Å². The molecule has 2 N–H and O–H groups in total. The number of benzene rings is 1.